The Morgan fingerprint density at radius 1 is 1.23 bits per heavy atom. The van der Waals surface area contributed by atoms with Gasteiger partial charge in [-0.15, -0.1) is 0 Å². The Labute approximate surface area is 129 Å². The van der Waals surface area contributed by atoms with E-state index in [1.807, 2.05) is 12.3 Å². The minimum absolute atomic E-state index is 0.147. The summed E-state index contributed by atoms with van der Waals surface area (Å²) in [7, 11) is 0. The van der Waals surface area contributed by atoms with Crippen molar-refractivity contribution in [2.75, 3.05) is 29.6 Å². The normalized spacial score (nSPS) is 14.5. The summed E-state index contributed by atoms with van der Waals surface area (Å²) in [6, 6.07) is 6.71. The standard InChI is InChI=1S/C17H18FN3O/c1-12-5-6-19-10-17(12)21-8-7-20(11-21)14-3-4-16(18)15(9-14)13(2)22/h3-6,9-10H,7-8,11H2,1-2H3. The number of nitrogens with zero attached hydrogens (tertiary/aromatic N) is 3. The first kappa shape index (κ1) is 14.5. The van der Waals surface area contributed by atoms with Crippen LogP contribution in [-0.4, -0.2) is 30.5 Å². The van der Waals surface area contributed by atoms with Crippen molar-refractivity contribution in [1.29, 1.82) is 0 Å². The number of aromatic nitrogens is 1. The van der Waals surface area contributed by atoms with Crippen LogP contribution in [0.2, 0.25) is 0 Å². The average Bonchev–Trinajstić information content (AvgIpc) is 2.97. The van der Waals surface area contributed by atoms with E-state index in [0.29, 0.717) is 6.67 Å². The summed E-state index contributed by atoms with van der Waals surface area (Å²) in [5.41, 5.74) is 3.31. The van der Waals surface area contributed by atoms with Crippen molar-refractivity contribution in [3.8, 4) is 0 Å². The number of aryl methyl sites for hydroxylation is 1. The number of halogens is 1. The number of hydrogen-bond donors (Lipinski definition) is 0. The average molecular weight is 299 g/mol. The molecule has 0 N–H and O–H groups in total. The van der Waals surface area contributed by atoms with E-state index in [1.165, 1.54) is 18.6 Å². The first-order valence-electron chi connectivity index (χ1n) is 7.27. The molecule has 2 aromatic rings. The quantitative estimate of drug-likeness (QED) is 0.816. The summed E-state index contributed by atoms with van der Waals surface area (Å²) in [4.78, 5) is 20.0. The number of ketones is 1. The fourth-order valence-corrected chi connectivity index (χ4v) is 2.76. The first-order valence-corrected chi connectivity index (χ1v) is 7.27. The SMILES string of the molecule is CC(=O)c1cc(N2CCN(c3cnccc3C)C2)ccc1F. The van der Waals surface area contributed by atoms with Crippen LogP contribution in [0.15, 0.2) is 36.7 Å². The van der Waals surface area contributed by atoms with Crippen molar-refractivity contribution in [3.63, 3.8) is 0 Å². The van der Waals surface area contributed by atoms with Crippen LogP contribution in [0.1, 0.15) is 22.8 Å². The van der Waals surface area contributed by atoms with Crippen molar-refractivity contribution in [2.45, 2.75) is 13.8 Å². The zero-order chi connectivity index (χ0) is 15.7. The van der Waals surface area contributed by atoms with Crippen LogP contribution in [-0.2, 0) is 0 Å². The van der Waals surface area contributed by atoms with E-state index in [2.05, 4.69) is 21.7 Å². The highest BCUT2D eigenvalue weighted by molar-refractivity contribution is 5.95. The predicted molar refractivity (Wildman–Crippen MR) is 84.9 cm³/mol. The van der Waals surface area contributed by atoms with Gasteiger partial charge in [0.25, 0.3) is 0 Å². The van der Waals surface area contributed by atoms with Gasteiger partial charge >= 0.3 is 0 Å². The fraction of sp³-hybridized carbons (Fsp3) is 0.294. The van der Waals surface area contributed by atoms with Gasteiger partial charge in [-0.1, -0.05) is 0 Å². The van der Waals surface area contributed by atoms with Crippen LogP contribution in [0, 0.1) is 12.7 Å². The van der Waals surface area contributed by atoms with E-state index in [4.69, 9.17) is 0 Å². The first-order chi connectivity index (χ1) is 10.6. The molecule has 4 nitrogen and oxygen atoms in total. The summed E-state index contributed by atoms with van der Waals surface area (Å²) in [5.74, 6) is -0.714. The number of carbonyl (C=O) groups excluding carboxylic acids is 1. The molecule has 0 spiro atoms. The lowest BCUT2D eigenvalue weighted by Gasteiger charge is -2.22. The minimum Gasteiger partial charge on any atom is -0.352 e. The summed E-state index contributed by atoms with van der Waals surface area (Å²) in [6.07, 6.45) is 3.65. The number of Topliss-reactive ketones (excluding diaryl/α,β-unsaturated/α-hetero) is 1. The highest BCUT2D eigenvalue weighted by atomic mass is 19.1. The topological polar surface area (TPSA) is 36.4 Å². The van der Waals surface area contributed by atoms with Gasteiger partial charge in [0.05, 0.1) is 24.1 Å². The van der Waals surface area contributed by atoms with Crippen LogP contribution < -0.4 is 9.80 Å². The molecule has 0 unspecified atom stereocenters. The fourth-order valence-electron chi connectivity index (χ4n) is 2.76. The molecule has 1 fully saturated rings. The molecule has 22 heavy (non-hydrogen) atoms. The van der Waals surface area contributed by atoms with E-state index in [1.54, 1.807) is 18.3 Å². The number of anilines is 2. The van der Waals surface area contributed by atoms with Crippen LogP contribution >= 0.6 is 0 Å². The number of benzene rings is 1. The second-order valence-electron chi connectivity index (χ2n) is 5.55. The Hall–Kier alpha value is -2.43. The molecule has 0 saturated carbocycles. The van der Waals surface area contributed by atoms with Gasteiger partial charge in [0.2, 0.25) is 0 Å². The van der Waals surface area contributed by atoms with Crippen molar-refractivity contribution >= 4 is 17.2 Å². The maximum absolute atomic E-state index is 13.6. The molecular weight excluding hydrogens is 281 g/mol. The molecule has 3 rings (SSSR count). The number of carbonyl (C=O) groups is 1. The lowest BCUT2D eigenvalue weighted by Crippen LogP contribution is -2.25. The summed E-state index contributed by atoms with van der Waals surface area (Å²) in [6.45, 7) is 5.86. The monoisotopic (exact) mass is 299 g/mol. The third-order valence-electron chi connectivity index (χ3n) is 4.03. The van der Waals surface area contributed by atoms with Gasteiger partial charge in [-0.3, -0.25) is 9.78 Å². The van der Waals surface area contributed by atoms with Gasteiger partial charge in [0, 0.05) is 25.0 Å². The van der Waals surface area contributed by atoms with Gasteiger partial charge in [-0.05, 0) is 43.7 Å². The predicted octanol–water partition coefficient (Wildman–Crippen LogP) is 3.02. The molecule has 0 amide bonds. The number of pyridine rings is 1. The molecule has 1 aliphatic rings. The van der Waals surface area contributed by atoms with E-state index in [0.717, 1.165) is 24.5 Å². The molecule has 114 valence electrons. The zero-order valence-electron chi connectivity index (χ0n) is 12.7. The van der Waals surface area contributed by atoms with Gasteiger partial charge in [-0.2, -0.15) is 0 Å². The summed E-state index contributed by atoms with van der Waals surface area (Å²) < 4.78 is 13.6. The smallest absolute Gasteiger partial charge is 0.162 e. The third kappa shape index (κ3) is 2.66. The molecule has 1 aromatic carbocycles. The van der Waals surface area contributed by atoms with Crippen molar-refractivity contribution in [1.82, 2.24) is 4.98 Å². The molecule has 5 heteroatoms. The minimum atomic E-state index is -0.463. The molecular formula is C17H18FN3O. The maximum Gasteiger partial charge on any atom is 0.162 e. The van der Waals surface area contributed by atoms with Crippen LogP contribution in [0.4, 0.5) is 15.8 Å². The van der Waals surface area contributed by atoms with Gasteiger partial charge < -0.3 is 9.80 Å². The Bertz CT molecular complexity index is 717. The lowest BCUT2D eigenvalue weighted by atomic mass is 10.1. The Kier molecular flexibility index (Phi) is 3.79. The van der Waals surface area contributed by atoms with Gasteiger partial charge in [0.15, 0.2) is 5.78 Å². The number of hydrogen-bond acceptors (Lipinski definition) is 4. The van der Waals surface area contributed by atoms with Crippen LogP contribution in [0.5, 0.6) is 0 Å². The van der Waals surface area contributed by atoms with Gasteiger partial charge in [-0.25, -0.2) is 4.39 Å². The second-order valence-corrected chi connectivity index (χ2v) is 5.55. The lowest BCUT2D eigenvalue weighted by molar-refractivity contribution is 0.101. The highest BCUT2D eigenvalue weighted by Crippen LogP contribution is 2.26. The Morgan fingerprint density at radius 2 is 2.00 bits per heavy atom. The molecule has 1 aromatic heterocycles. The van der Waals surface area contributed by atoms with Crippen molar-refractivity contribution < 1.29 is 9.18 Å². The zero-order valence-corrected chi connectivity index (χ0v) is 12.7. The Balaban J connectivity index is 1.83. The second kappa shape index (κ2) is 5.75. The third-order valence-corrected chi connectivity index (χ3v) is 4.03. The molecule has 0 bridgehead atoms. The largest absolute Gasteiger partial charge is 0.352 e. The molecule has 0 radical (unpaired) electrons. The molecule has 1 saturated heterocycles. The van der Waals surface area contributed by atoms with E-state index in [-0.39, 0.29) is 11.3 Å². The highest BCUT2D eigenvalue weighted by Gasteiger charge is 2.22. The molecule has 0 aliphatic carbocycles. The Morgan fingerprint density at radius 3 is 2.73 bits per heavy atom. The van der Waals surface area contributed by atoms with E-state index < -0.39 is 5.82 Å². The van der Waals surface area contributed by atoms with E-state index in [9.17, 15) is 9.18 Å². The summed E-state index contributed by atoms with van der Waals surface area (Å²) >= 11 is 0. The maximum atomic E-state index is 13.6. The van der Waals surface area contributed by atoms with E-state index >= 15 is 0 Å². The van der Waals surface area contributed by atoms with Gasteiger partial charge in [0.1, 0.15) is 5.82 Å². The number of rotatable bonds is 3. The van der Waals surface area contributed by atoms with Crippen molar-refractivity contribution in [3.05, 3.63) is 53.6 Å². The molecule has 1 aliphatic heterocycles. The van der Waals surface area contributed by atoms with Crippen LogP contribution in [0.25, 0.3) is 0 Å². The summed E-state index contributed by atoms with van der Waals surface area (Å²) in [5, 5.41) is 0. The van der Waals surface area contributed by atoms with Crippen molar-refractivity contribution in [2.24, 2.45) is 0 Å². The molecule has 2 heterocycles. The van der Waals surface area contributed by atoms with Crippen LogP contribution in [0.3, 0.4) is 0 Å². The molecule has 0 atom stereocenters.